The van der Waals surface area contributed by atoms with E-state index in [4.69, 9.17) is 38.6 Å². The van der Waals surface area contributed by atoms with Crippen LogP contribution in [0.4, 0.5) is 0 Å². The van der Waals surface area contributed by atoms with Gasteiger partial charge in [-0.25, -0.2) is 0 Å². The molecule has 1 amide bonds. The number of amides is 1. The molecule has 0 aliphatic heterocycles. The predicted octanol–water partition coefficient (Wildman–Crippen LogP) is 3.51. The minimum Gasteiger partial charge on any atom is -0.398 e. The molecule has 162 valence electrons. The first-order chi connectivity index (χ1) is 14.4. The van der Waals surface area contributed by atoms with Crippen LogP contribution in [-0.2, 0) is 21.1 Å². The zero-order chi connectivity index (χ0) is 22.1. The van der Waals surface area contributed by atoms with E-state index >= 15 is 0 Å². The summed E-state index contributed by atoms with van der Waals surface area (Å²) in [5.74, 6) is 0.478. The lowest BCUT2D eigenvalue weighted by molar-refractivity contribution is -0.115. The van der Waals surface area contributed by atoms with Crippen molar-refractivity contribution in [3.63, 3.8) is 0 Å². The van der Waals surface area contributed by atoms with E-state index in [9.17, 15) is 4.79 Å². The van der Waals surface area contributed by atoms with E-state index in [1.807, 2.05) is 19.2 Å². The normalized spacial score (nSPS) is 13.1. The Kier molecular flexibility index (Phi) is 9.70. The number of rotatable bonds is 10. The Morgan fingerprint density at radius 3 is 2.73 bits per heavy atom. The van der Waals surface area contributed by atoms with Crippen LogP contribution in [-0.4, -0.2) is 47.0 Å². The van der Waals surface area contributed by atoms with Crippen LogP contribution < -0.4 is 11.1 Å². The van der Waals surface area contributed by atoms with Crippen LogP contribution in [0.25, 0.3) is 0 Å². The van der Waals surface area contributed by atoms with Gasteiger partial charge in [0, 0.05) is 22.9 Å². The van der Waals surface area contributed by atoms with Gasteiger partial charge in [0.2, 0.25) is 0 Å². The summed E-state index contributed by atoms with van der Waals surface area (Å²) in [6, 6.07) is 7.12. The maximum atomic E-state index is 12.7. The van der Waals surface area contributed by atoms with Crippen molar-refractivity contribution in [1.82, 2.24) is 9.69 Å². The summed E-state index contributed by atoms with van der Waals surface area (Å²) >= 11 is 14.5. The Balaban J connectivity index is 2.19. The second-order valence-electron chi connectivity index (χ2n) is 5.98. The van der Waals surface area contributed by atoms with E-state index in [-0.39, 0.29) is 40.3 Å². The van der Waals surface area contributed by atoms with Crippen molar-refractivity contribution in [2.45, 2.75) is 19.6 Å². The Labute approximate surface area is 192 Å². The van der Waals surface area contributed by atoms with Crippen molar-refractivity contribution in [2.75, 3.05) is 19.1 Å². The zero-order valence-electron chi connectivity index (χ0n) is 16.5. The third kappa shape index (κ3) is 6.49. The molecule has 0 bridgehead atoms. The summed E-state index contributed by atoms with van der Waals surface area (Å²) in [6.45, 7) is 1.96. The Hall–Kier alpha value is -2.01. The molecule has 0 aliphatic rings. The van der Waals surface area contributed by atoms with Gasteiger partial charge in [0.1, 0.15) is 23.6 Å². The molecule has 8 nitrogen and oxygen atoms in total. The Morgan fingerprint density at radius 1 is 1.37 bits per heavy atom. The smallest absolute Gasteiger partial charge is 0.274 e. The number of nitrogens with two attached hydrogens (primary N) is 1. The van der Waals surface area contributed by atoms with Crippen LogP contribution >= 0.6 is 46.5 Å². The summed E-state index contributed by atoms with van der Waals surface area (Å²) in [5.41, 5.74) is 7.26. The van der Waals surface area contributed by atoms with Crippen LogP contribution in [0, 0.1) is 0 Å². The first-order valence-corrected chi connectivity index (χ1v) is 11.6. The first-order valence-electron chi connectivity index (χ1n) is 8.64. The minimum absolute atomic E-state index is 0.0293. The Bertz CT molecular complexity index is 936. The number of thioether (sulfide) groups is 1. The fourth-order valence-electron chi connectivity index (χ4n) is 2.40. The van der Waals surface area contributed by atoms with Gasteiger partial charge in [0.15, 0.2) is 16.7 Å². The van der Waals surface area contributed by atoms with Gasteiger partial charge >= 0.3 is 0 Å². The molecule has 1 heterocycles. The second kappa shape index (κ2) is 12.0. The van der Waals surface area contributed by atoms with E-state index < -0.39 is 0 Å². The van der Waals surface area contributed by atoms with Crippen LogP contribution in [0.2, 0.25) is 10.2 Å². The summed E-state index contributed by atoms with van der Waals surface area (Å²) in [4.78, 5) is 23.4. The highest BCUT2D eigenvalue weighted by Crippen LogP contribution is 2.28. The van der Waals surface area contributed by atoms with Crippen LogP contribution in [0.3, 0.4) is 0 Å². The Morgan fingerprint density at radius 2 is 2.10 bits per heavy atom. The highest BCUT2D eigenvalue weighted by atomic mass is 35.5. The van der Waals surface area contributed by atoms with Gasteiger partial charge < -0.3 is 20.7 Å². The van der Waals surface area contributed by atoms with Gasteiger partial charge in [-0.2, -0.15) is 16.1 Å². The van der Waals surface area contributed by atoms with Crippen LogP contribution in [0.5, 0.6) is 0 Å². The fourth-order valence-corrected chi connectivity index (χ4v) is 4.10. The number of aromatic nitrogens is 1. The molecule has 30 heavy (non-hydrogen) atoms. The molecule has 12 heteroatoms. The number of benzene rings is 1. The summed E-state index contributed by atoms with van der Waals surface area (Å²) in [5, 5.41) is 11.1. The van der Waals surface area contributed by atoms with E-state index in [0.717, 1.165) is 17.3 Å². The van der Waals surface area contributed by atoms with Crippen molar-refractivity contribution < 1.29 is 14.5 Å². The molecule has 3 N–H and O–H groups in total. The third-order valence-electron chi connectivity index (χ3n) is 3.68. The molecule has 1 atom stereocenters. The quantitative estimate of drug-likeness (QED) is 0.300. The number of nitrogens with zero attached hydrogens (tertiary/aromatic N) is 3. The average Bonchev–Trinajstić information content (AvgIpc) is 3.05. The third-order valence-corrected chi connectivity index (χ3v) is 6.33. The zero-order valence-corrected chi connectivity index (χ0v) is 19.7. The average molecular weight is 490 g/mol. The molecule has 0 saturated heterocycles. The summed E-state index contributed by atoms with van der Waals surface area (Å²) in [6.07, 6.45) is 1.97. The van der Waals surface area contributed by atoms with Gasteiger partial charge in [0.25, 0.3) is 5.91 Å². The number of halogens is 2. The molecule has 0 spiro atoms. The lowest BCUT2D eigenvalue weighted by Crippen LogP contribution is -2.39. The van der Waals surface area contributed by atoms with Crippen molar-refractivity contribution in [1.29, 1.82) is 0 Å². The standard InChI is InChI=1S/C18H21Cl2N5O3S2/c1-10(9-29-3)22-18(26)14(23-27-2)12-7-5-4-6-11(12)8-28-24-17(21)15-13(19)16(20)25-30-15/h4-7,10H,8-9H2,1-3H3,(H2,21,24)(H,22,26)/b23-14+/t10-/m0/s1. The maximum Gasteiger partial charge on any atom is 0.274 e. The monoisotopic (exact) mass is 489 g/mol. The van der Waals surface area contributed by atoms with Crippen LogP contribution in [0.1, 0.15) is 22.9 Å². The van der Waals surface area contributed by atoms with Crippen molar-refractivity contribution >= 4 is 64.0 Å². The lowest BCUT2D eigenvalue weighted by Gasteiger charge is -2.15. The molecule has 1 aromatic heterocycles. The molecular weight excluding hydrogens is 469 g/mol. The molecule has 2 aromatic rings. The number of hydrogen-bond acceptors (Lipinski definition) is 8. The summed E-state index contributed by atoms with van der Waals surface area (Å²) in [7, 11) is 1.38. The number of carbonyl (C=O) groups is 1. The van der Waals surface area contributed by atoms with Gasteiger partial charge in [-0.3, -0.25) is 4.79 Å². The van der Waals surface area contributed by atoms with Gasteiger partial charge in [-0.1, -0.05) is 57.8 Å². The lowest BCUT2D eigenvalue weighted by atomic mass is 10.0. The maximum absolute atomic E-state index is 12.7. The largest absolute Gasteiger partial charge is 0.398 e. The molecular formula is C18H21Cl2N5O3S2. The molecule has 0 aliphatic carbocycles. The minimum atomic E-state index is -0.347. The first kappa shape index (κ1) is 24.3. The molecule has 0 fully saturated rings. The van der Waals surface area contributed by atoms with Crippen molar-refractivity contribution in [3.8, 4) is 0 Å². The van der Waals surface area contributed by atoms with Gasteiger partial charge in [-0.05, 0) is 24.7 Å². The number of hydrogen-bond donors (Lipinski definition) is 2. The summed E-state index contributed by atoms with van der Waals surface area (Å²) < 4.78 is 3.90. The highest BCUT2D eigenvalue weighted by molar-refractivity contribution is 7.98. The van der Waals surface area contributed by atoms with E-state index in [0.29, 0.717) is 16.0 Å². The number of carbonyl (C=O) groups excluding carboxylic acids is 1. The number of amidine groups is 1. The van der Waals surface area contributed by atoms with Gasteiger partial charge in [0.05, 0.1) is 0 Å². The second-order valence-corrected chi connectivity index (χ2v) is 8.40. The van der Waals surface area contributed by atoms with E-state index in [1.54, 1.807) is 30.0 Å². The van der Waals surface area contributed by atoms with Crippen LogP contribution in [0.15, 0.2) is 34.6 Å². The van der Waals surface area contributed by atoms with Crippen molar-refractivity contribution in [2.24, 2.45) is 16.0 Å². The molecule has 1 aromatic carbocycles. The number of nitrogens with one attached hydrogen (secondary N) is 1. The SMILES string of the molecule is CO/N=C(/C(=O)N[C@@H](C)CSC)c1ccccc1CO/N=C(\N)c1snc(Cl)c1Cl. The molecule has 0 saturated carbocycles. The molecule has 2 rings (SSSR count). The van der Waals surface area contributed by atoms with Gasteiger partial charge in [-0.15, -0.1) is 0 Å². The molecule has 0 radical (unpaired) electrons. The van der Waals surface area contributed by atoms with Crippen molar-refractivity contribution in [3.05, 3.63) is 50.4 Å². The van der Waals surface area contributed by atoms with E-state index in [1.165, 1.54) is 7.11 Å². The molecule has 0 unspecified atom stereocenters. The predicted molar refractivity (Wildman–Crippen MR) is 124 cm³/mol. The highest BCUT2D eigenvalue weighted by Gasteiger charge is 2.20. The topological polar surface area (TPSA) is 111 Å². The van der Waals surface area contributed by atoms with E-state index in [2.05, 4.69) is 20.0 Å². The number of oxime groups is 2. The fraction of sp³-hybridized carbons (Fsp3) is 0.333.